The summed E-state index contributed by atoms with van der Waals surface area (Å²) in [5.41, 5.74) is 3.56. The molecule has 1 amide bonds. The predicted molar refractivity (Wildman–Crippen MR) is 117 cm³/mol. The van der Waals surface area contributed by atoms with Crippen LogP contribution in [0.4, 0.5) is 5.69 Å². The van der Waals surface area contributed by atoms with E-state index in [0.717, 1.165) is 29.0 Å². The lowest BCUT2D eigenvalue weighted by molar-refractivity contribution is 0.0848. The van der Waals surface area contributed by atoms with Gasteiger partial charge >= 0.3 is 0 Å². The Bertz CT molecular complexity index is 897. The fourth-order valence-electron chi connectivity index (χ4n) is 3.28. The number of amides is 1. The minimum atomic E-state index is -0.138. The maximum Gasteiger partial charge on any atom is 0.260 e. The molecule has 0 radical (unpaired) electrons. The molecule has 0 aromatic heterocycles. The number of para-hydroxylation sites is 1. The molecule has 1 aliphatic heterocycles. The van der Waals surface area contributed by atoms with Gasteiger partial charge in [-0.3, -0.25) is 9.69 Å². The number of aliphatic imine (C=N–C) groups is 1. The highest BCUT2D eigenvalue weighted by molar-refractivity contribution is 8.13. The number of ether oxygens (including phenoxy) is 3. The van der Waals surface area contributed by atoms with E-state index in [-0.39, 0.29) is 5.91 Å². The highest BCUT2D eigenvalue weighted by Gasteiger charge is 2.27. The lowest BCUT2D eigenvalue weighted by atomic mass is 10.1. The molecule has 2 aromatic rings. The number of carbonyl (C=O) groups is 1. The third-order valence-corrected chi connectivity index (χ3v) is 5.85. The monoisotopic (exact) mass is 414 g/mol. The van der Waals surface area contributed by atoms with Gasteiger partial charge in [-0.25, -0.2) is 4.99 Å². The number of carbonyl (C=O) groups excluding carboxylic acids is 1. The van der Waals surface area contributed by atoms with Crippen LogP contribution in [-0.2, 0) is 0 Å². The van der Waals surface area contributed by atoms with Gasteiger partial charge in [0.1, 0.15) is 0 Å². The normalized spacial score (nSPS) is 15.3. The van der Waals surface area contributed by atoms with E-state index < -0.39 is 0 Å². The number of hydrogen-bond donors (Lipinski definition) is 0. The van der Waals surface area contributed by atoms with Gasteiger partial charge in [0.05, 0.1) is 27.0 Å². The van der Waals surface area contributed by atoms with Crippen molar-refractivity contribution >= 4 is 28.5 Å². The van der Waals surface area contributed by atoms with Crippen molar-refractivity contribution < 1.29 is 19.0 Å². The van der Waals surface area contributed by atoms with Crippen LogP contribution in [0.15, 0.2) is 35.3 Å². The van der Waals surface area contributed by atoms with Crippen molar-refractivity contribution in [2.45, 2.75) is 20.3 Å². The molecule has 0 atom stereocenters. The molecule has 0 aliphatic carbocycles. The Labute approximate surface area is 175 Å². The van der Waals surface area contributed by atoms with E-state index in [4.69, 9.17) is 19.2 Å². The van der Waals surface area contributed by atoms with Crippen molar-refractivity contribution in [1.29, 1.82) is 0 Å². The van der Waals surface area contributed by atoms with Gasteiger partial charge in [0.15, 0.2) is 16.7 Å². The van der Waals surface area contributed by atoms with Gasteiger partial charge in [-0.1, -0.05) is 30.0 Å². The van der Waals surface area contributed by atoms with Crippen LogP contribution in [0.2, 0.25) is 0 Å². The van der Waals surface area contributed by atoms with Gasteiger partial charge in [0.25, 0.3) is 5.91 Å². The molecule has 6 nitrogen and oxygen atoms in total. The lowest BCUT2D eigenvalue weighted by Gasteiger charge is -2.28. The largest absolute Gasteiger partial charge is 0.493 e. The number of thioether (sulfide) groups is 1. The first-order valence-corrected chi connectivity index (χ1v) is 10.4. The third-order valence-electron chi connectivity index (χ3n) is 4.79. The van der Waals surface area contributed by atoms with Crippen LogP contribution < -0.4 is 14.2 Å². The van der Waals surface area contributed by atoms with Gasteiger partial charge in [-0.2, -0.15) is 0 Å². The molecule has 154 valence electrons. The molecule has 0 bridgehead atoms. The number of benzene rings is 2. The number of amidine groups is 1. The second-order valence-corrected chi connectivity index (χ2v) is 7.77. The summed E-state index contributed by atoms with van der Waals surface area (Å²) in [6.07, 6.45) is 0.909. The minimum Gasteiger partial charge on any atom is -0.493 e. The average Bonchev–Trinajstić information content (AvgIpc) is 2.75. The molecule has 0 saturated carbocycles. The summed E-state index contributed by atoms with van der Waals surface area (Å²) in [5, 5.41) is 0.715. The van der Waals surface area contributed by atoms with E-state index in [1.165, 1.54) is 14.2 Å². The average molecular weight is 415 g/mol. The molecule has 1 aliphatic rings. The summed E-state index contributed by atoms with van der Waals surface area (Å²) in [4.78, 5) is 20.0. The first-order chi connectivity index (χ1) is 14.0. The Balaban J connectivity index is 2.02. The van der Waals surface area contributed by atoms with Crippen molar-refractivity contribution in [3.8, 4) is 17.2 Å². The lowest BCUT2D eigenvalue weighted by Crippen LogP contribution is -2.39. The molecule has 7 heteroatoms. The number of nitrogens with zero attached hydrogens (tertiary/aromatic N) is 2. The van der Waals surface area contributed by atoms with Crippen LogP contribution in [0.25, 0.3) is 0 Å². The second kappa shape index (κ2) is 9.22. The zero-order valence-corrected chi connectivity index (χ0v) is 18.3. The first kappa shape index (κ1) is 21.0. The standard InChI is InChI=1S/C22H26N2O4S/c1-14-8-6-9-15(2)19(14)23-22-24(10-7-11-29-22)21(25)16-12-17(26-3)20(28-5)18(13-16)27-4/h6,8-9,12-13H,7,10-11H2,1-5H3. The summed E-state index contributed by atoms with van der Waals surface area (Å²) < 4.78 is 16.2. The Morgan fingerprint density at radius 3 is 2.21 bits per heavy atom. The SMILES string of the molecule is COc1cc(C(=O)N2CCCSC2=Nc2c(C)cccc2C)cc(OC)c1OC. The van der Waals surface area contributed by atoms with Crippen LogP contribution in [0, 0.1) is 13.8 Å². The van der Waals surface area contributed by atoms with E-state index in [0.29, 0.717) is 34.5 Å². The first-order valence-electron chi connectivity index (χ1n) is 9.39. The predicted octanol–water partition coefficient (Wildman–Crippen LogP) is 4.60. The summed E-state index contributed by atoms with van der Waals surface area (Å²) in [7, 11) is 4.62. The Kier molecular flexibility index (Phi) is 6.69. The van der Waals surface area contributed by atoms with E-state index in [1.54, 1.807) is 35.9 Å². The molecule has 29 heavy (non-hydrogen) atoms. The summed E-state index contributed by atoms with van der Waals surface area (Å²) in [6, 6.07) is 9.44. The molecular formula is C22H26N2O4S. The van der Waals surface area contributed by atoms with Crippen LogP contribution in [0.5, 0.6) is 17.2 Å². The van der Waals surface area contributed by atoms with Gasteiger partial charge in [0, 0.05) is 17.9 Å². The maximum absolute atomic E-state index is 13.4. The minimum absolute atomic E-state index is 0.138. The molecule has 1 saturated heterocycles. The Hall–Kier alpha value is -2.67. The van der Waals surface area contributed by atoms with Crippen molar-refractivity contribution in [3.63, 3.8) is 0 Å². The molecular weight excluding hydrogens is 388 g/mol. The fraction of sp³-hybridized carbons (Fsp3) is 0.364. The van der Waals surface area contributed by atoms with Crippen LogP contribution in [0.1, 0.15) is 27.9 Å². The summed E-state index contributed by atoms with van der Waals surface area (Å²) >= 11 is 1.60. The highest BCUT2D eigenvalue weighted by atomic mass is 32.2. The van der Waals surface area contributed by atoms with E-state index in [1.807, 2.05) is 32.0 Å². The molecule has 0 spiro atoms. The number of aryl methyl sites for hydroxylation is 2. The van der Waals surface area contributed by atoms with Gasteiger partial charge in [-0.05, 0) is 43.5 Å². The van der Waals surface area contributed by atoms with Crippen LogP contribution in [0.3, 0.4) is 0 Å². The van der Waals surface area contributed by atoms with Gasteiger partial charge in [-0.15, -0.1) is 0 Å². The summed E-state index contributed by atoms with van der Waals surface area (Å²) in [6.45, 7) is 4.68. The van der Waals surface area contributed by atoms with Crippen molar-refractivity contribution in [1.82, 2.24) is 4.90 Å². The molecule has 3 rings (SSSR count). The van der Waals surface area contributed by atoms with Crippen LogP contribution in [-0.4, -0.2) is 49.6 Å². The maximum atomic E-state index is 13.4. The van der Waals surface area contributed by atoms with Crippen molar-refractivity contribution in [2.24, 2.45) is 4.99 Å². The van der Waals surface area contributed by atoms with E-state index in [2.05, 4.69) is 0 Å². The molecule has 2 aromatic carbocycles. The van der Waals surface area contributed by atoms with Crippen LogP contribution >= 0.6 is 11.8 Å². The molecule has 0 unspecified atom stereocenters. The van der Waals surface area contributed by atoms with Gasteiger partial charge < -0.3 is 14.2 Å². The topological polar surface area (TPSA) is 60.4 Å². The number of rotatable bonds is 5. The highest BCUT2D eigenvalue weighted by Crippen LogP contribution is 2.39. The van der Waals surface area contributed by atoms with Crippen molar-refractivity contribution in [3.05, 3.63) is 47.0 Å². The smallest absolute Gasteiger partial charge is 0.260 e. The third kappa shape index (κ3) is 4.34. The van der Waals surface area contributed by atoms with E-state index in [9.17, 15) is 4.79 Å². The zero-order chi connectivity index (χ0) is 21.0. The molecule has 1 heterocycles. The fourth-order valence-corrected chi connectivity index (χ4v) is 4.22. The quantitative estimate of drug-likeness (QED) is 0.716. The van der Waals surface area contributed by atoms with E-state index >= 15 is 0 Å². The molecule has 1 fully saturated rings. The number of methoxy groups -OCH3 is 3. The molecule has 0 N–H and O–H groups in total. The Morgan fingerprint density at radius 2 is 1.66 bits per heavy atom. The Morgan fingerprint density at radius 1 is 1.03 bits per heavy atom. The zero-order valence-electron chi connectivity index (χ0n) is 17.4. The van der Waals surface area contributed by atoms with Gasteiger partial charge in [0.2, 0.25) is 5.75 Å². The number of hydrogen-bond acceptors (Lipinski definition) is 6. The summed E-state index contributed by atoms with van der Waals surface area (Å²) in [5.74, 6) is 2.16. The second-order valence-electron chi connectivity index (χ2n) is 6.71. The van der Waals surface area contributed by atoms with Crippen molar-refractivity contribution in [2.75, 3.05) is 33.6 Å².